The first-order valence-electron chi connectivity index (χ1n) is 7.94. The summed E-state index contributed by atoms with van der Waals surface area (Å²) >= 11 is 0. The molecular formula is C16H22F3NO3S. The minimum atomic E-state index is -4.84. The maximum Gasteiger partial charge on any atom is 0.421 e. The number of rotatable bonds is 3. The average molecular weight is 365 g/mol. The molecule has 2 rings (SSSR count). The third kappa shape index (κ3) is 3.92. The van der Waals surface area contributed by atoms with Gasteiger partial charge in [-0.3, -0.25) is 0 Å². The van der Waals surface area contributed by atoms with Crippen molar-refractivity contribution in [3.05, 3.63) is 29.8 Å². The van der Waals surface area contributed by atoms with Crippen molar-refractivity contribution in [2.24, 2.45) is 0 Å². The molecule has 0 radical (unpaired) electrons. The van der Waals surface area contributed by atoms with E-state index in [9.17, 15) is 26.7 Å². The van der Waals surface area contributed by atoms with Crippen LogP contribution in [0.2, 0.25) is 0 Å². The van der Waals surface area contributed by atoms with Gasteiger partial charge in [-0.1, -0.05) is 31.4 Å². The van der Waals surface area contributed by atoms with E-state index in [-0.39, 0.29) is 10.5 Å². The predicted octanol–water partition coefficient (Wildman–Crippen LogP) is 3.11. The van der Waals surface area contributed by atoms with Gasteiger partial charge in [-0.15, -0.1) is 0 Å². The fourth-order valence-corrected chi connectivity index (χ4v) is 4.39. The average Bonchev–Trinajstić information content (AvgIpc) is 2.45. The minimum Gasteiger partial charge on any atom is -0.376 e. The van der Waals surface area contributed by atoms with Crippen molar-refractivity contribution in [2.75, 3.05) is 6.54 Å². The second-order valence-corrected chi connectivity index (χ2v) is 8.42. The maximum atomic E-state index is 12.8. The van der Waals surface area contributed by atoms with Crippen LogP contribution in [0.5, 0.6) is 0 Å². The normalized spacial score (nSPS) is 23.1. The highest BCUT2D eigenvalue weighted by Crippen LogP contribution is 2.38. The first-order chi connectivity index (χ1) is 11.1. The van der Waals surface area contributed by atoms with Gasteiger partial charge >= 0.3 is 6.18 Å². The Labute approximate surface area is 140 Å². The second-order valence-electron chi connectivity index (χ2n) is 6.29. The SMILES string of the molecule is CC(O)(c1ccc(S(=O)(=O)C2CCCCCCN2)cc1)C(F)(F)F. The summed E-state index contributed by atoms with van der Waals surface area (Å²) in [5, 5.41) is 11.9. The summed E-state index contributed by atoms with van der Waals surface area (Å²) in [7, 11) is -3.67. The zero-order chi connectivity index (χ0) is 18.0. The van der Waals surface area contributed by atoms with Crippen molar-refractivity contribution >= 4 is 9.84 Å². The van der Waals surface area contributed by atoms with Crippen molar-refractivity contribution in [1.82, 2.24) is 5.32 Å². The number of hydrogen-bond donors (Lipinski definition) is 2. The fraction of sp³-hybridized carbons (Fsp3) is 0.625. The zero-order valence-electron chi connectivity index (χ0n) is 13.4. The highest BCUT2D eigenvalue weighted by Gasteiger charge is 2.51. The maximum absolute atomic E-state index is 12.8. The lowest BCUT2D eigenvalue weighted by Crippen LogP contribution is -2.39. The number of benzene rings is 1. The number of nitrogens with one attached hydrogen (secondary N) is 1. The summed E-state index contributed by atoms with van der Waals surface area (Å²) < 4.78 is 63.9. The summed E-state index contributed by atoms with van der Waals surface area (Å²) in [6.45, 7) is 1.25. The Balaban J connectivity index is 2.26. The lowest BCUT2D eigenvalue weighted by Gasteiger charge is -2.27. The summed E-state index contributed by atoms with van der Waals surface area (Å²) in [4.78, 5) is -0.0395. The van der Waals surface area contributed by atoms with Gasteiger partial charge in [0.1, 0.15) is 5.37 Å². The molecule has 1 aromatic rings. The van der Waals surface area contributed by atoms with Crippen LogP contribution in [0, 0.1) is 0 Å². The van der Waals surface area contributed by atoms with E-state index in [0.717, 1.165) is 49.9 Å². The van der Waals surface area contributed by atoms with Crippen LogP contribution in [-0.4, -0.2) is 31.6 Å². The number of sulfone groups is 1. The van der Waals surface area contributed by atoms with Crippen LogP contribution in [-0.2, 0) is 15.4 Å². The lowest BCUT2D eigenvalue weighted by atomic mass is 9.96. The second kappa shape index (κ2) is 7.01. The van der Waals surface area contributed by atoms with Gasteiger partial charge < -0.3 is 10.4 Å². The molecule has 2 unspecified atom stereocenters. The standard InChI is InChI=1S/C16H22F3NO3S/c1-15(21,16(17,18)19)12-7-9-13(10-8-12)24(22,23)14-6-4-2-3-5-11-20-14/h7-10,14,20-21H,2-6,11H2,1H3. The first-order valence-corrected chi connectivity index (χ1v) is 9.48. The highest BCUT2D eigenvalue weighted by atomic mass is 32.2. The van der Waals surface area contributed by atoms with Crippen molar-refractivity contribution in [3.8, 4) is 0 Å². The van der Waals surface area contributed by atoms with Gasteiger partial charge in [0.2, 0.25) is 0 Å². The summed E-state index contributed by atoms with van der Waals surface area (Å²) in [5.74, 6) is 0. The summed E-state index contributed by atoms with van der Waals surface area (Å²) in [6.07, 6.45) is -0.641. The quantitative estimate of drug-likeness (QED) is 0.864. The van der Waals surface area contributed by atoms with Gasteiger partial charge in [0.25, 0.3) is 0 Å². The molecule has 8 heteroatoms. The van der Waals surface area contributed by atoms with Crippen LogP contribution in [0.25, 0.3) is 0 Å². The van der Waals surface area contributed by atoms with E-state index < -0.39 is 27.0 Å². The van der Waals surface area contributed by atoms with Gasteiger partial charge in [0.15, 0.2) is 15.4 Å². The number of halogens is 3. The molecule has 1 fully saturated rings. The Morgan fingerprint density at radius 1 is 1.08 bits per heavy atom. The molecule has 0 saturated carbocycles. The fourth-order valence-electron chi connectivity index (χ4n) is 2.74. The Morgan fingerprint density at radius 2 is 1.67 bits per heavy atom. The van der Waals surface area contributed by atoms with Gasteiger partial charge in [-0.25, -0.2) is 8.42 Å². The van der Waals surface area contributed by atoms with Crippen LogP contribution >= 0.6 is 0 Å². The van der Waals surface area contributed by atoms with E-state index in [1.807, 2.05) is 0 Å². The third-order valence-corrected chi connectivity index (χ3v) is 6.52. The van der Waals surface area contributed by atoms with Crippen LogP contribution < -0.4 is 5.32 Å². The monoisotopic (exact) mass is 365 g/mol. The Hall–Kier alpha value is -1.12. The Morgan fingerprint density at radius 3 is 2.25 bits per heavy atom. The molecule has 0 amide bonds. The molecule has 1 aliphatic rings. The number of hydrogen-bond acceptors (Lipinski definition) is 4. The van der Waals surface area contributed by atoms with Crippen molar-refractivity contribution in [2.45, 2.75) is 61.1 Å². The van der Waals surface area contributed by atoms with Crippen molar-refractivity contribution in [1.29, 1.82) is 0 Å². The lowest BCUT2D eigenvalue weighted by molar-refractivity contribution is -0.258. The molecule has 0 spiro atoms. The van der Waals surface area contributed by atoms with E-state index in [1.165, 1.54) is 0 Å². The minimum absolute atomic E-state index is 0.0395. The van der Waals surface area contributed by atoms with Crippen LogP contribution in [0.15, 0.2) is 29.2 Å². The van der Waals surface area contributed by atoms with Crippen molar-refractivity contribution < 1.29 is 26.7 Å². The molecule has 1 aromatic carbocycles. The zero-order valence-corrected chi connectivity index (χ0v) is 14.3. The summed E-state index contributed by atoms with van der Waals surface area (Å²) in [5.41, 5.74) is -3.41. The molecule has 1 saturated heterocycles. The van der Waals surface area contributed by atoms with Gasteiger partial charge in [-0.05, 0) is 44.0 Å². The van der Waals surface area contributed by atoms with Crippen molar-refractivity contribution in [3.63, 3.8) is 0 Å². The Kier molecular flexibility index (Phi) is 5.61. The number of alkyl halides is 3. The highest BCUT2D eigenvalue weighted by molar-refractivity contribution is 7.92. The molecule has 4 nitrogen and oxygen atoms in total. The topological polar surface area (TPSA) is 66.4 Å². The van der Waals surface area contributed by atoms with Gasteiger partial charge in [0.05, 0.1) is 4.90 Å². The van der Waals surface area contributed by atoms with Crippen LogP contribution in [0.1, 0.15) is 44.6 Å². The van der Waals surface area contributed by atoms with Gasteiger partial charge in [-0.2, -0.15) is 13.2 Å². The third-order valence-electron chi connectivity index (χ3n) is 4.44. The van der Waals surface area contributed by atoms with E-state index in [1.54, 1.807) is 0 Å². The smallest absolute Gasteiger partial charge is 0.376 e. The van der Waals surface area contributed by atoms with Crippen LogP contribution in [0.4, 0.5) is 13.2 Å². The first kappa shape index (κ1) is 19.2. The molecule has 2 N–H and O–H groups in total. The Bertz CT molecular complexity index is 646. The predicted molar refractivity (Wildman–Crippen MR) is 84.1 cm³/mol. The van der Waals surface area contributed by atoms with Gasteiger partial charge in [0, 0.05) is 0 Å². The molecule has 0 aromatic heterocycles. The van der Waals surface area contributed by atoms with E-state index in [4.69, 9.17) is 0 Å². The molecule has 136 valence electrons. The molecule has 1 heterocycles. The molecule has 0 aliphatic carbocycles. The largest absolute Gasteiger partial charge is 0.421 e. The summed E-state index contributed by atoms with van der Waals surface area (Å²) in [6, 6.07) is 4.29. The van der Waals surface area contributed by atoms with Crippen LogP contribution in [0.3, 0.4) is 0 Å². The molecule has 2 atom stereocenters. The molecular weight excluding hydrogens is 343 g/mol. The number of aliphatic hydroxyl groups is 1. The molecule has 24 heavy (non-hydrogen) atoms. The molecule has 0 bridgehead atoms. The molecule has 1 aliphatic heterocycles. The van der Waals surface area contributed by atoms with E-state index >= 15 is 0 Å². The van der Waals surface area contributed by atoms with E-state index in [2.05, 4.69) is 5.32 Å². The van der Waals surface area contributed by atoms with E-state index in [0.29, 0.717) is 19.9 Å².